The first-order valence-electron chi connectivity index (χ1n) is 12.2. The third kappa shape index (κ3) is 4.98. The summed E-state index contributed by atoms with van der Waals surface area (Å²) in [6.07, 6.45) is 0. The molecular formula is C31H29N3O2S. The molecule has 2 heterocycles. The van der Waals surface area contributed by atoms with Crippen molar-refractivity contribution in [2.24, 2.45) is 0 Å². The summed E-state index contributed by atoms with van der Waals surface area (Å²) >= 11 is 1.42. The van der Waals surface area contributed by atoms with E-state index in [0.717, 1.165) is 44.7 Å². The highest BCUT2D eigenvalue weighted by Crippen LogP contribution is 2.32. The molecule has 37 heavy (non-hydrogen) atoms. The predicted molar refractivity (Wildman–Crippen MR) is 153 cm³/mol. The molecule has 5 nitrogen and oxygen atoms in total. The van der Waals surface area contributed by atoms with Crippen molar-refractivity contribution in [1.82, 2.24) is 9.97 Å². The lowest BCUT2D eigenvalue weighted by atomic mass is 9.86. The van der Waals surface area contributed by atoms with Crippen LogP contribution in [0.25, 0.3) is 33.4 Å². The molecule has 1 N–H and O–H groups in total. The number of methoxy groups -OCH3 is 1. The number of hydrogen-bond acceptors (Lipinski definition) is 5. The normalized spacial score (nSPS) is 11.5. The Balaban J connectivity index is 1.48. The summed E-state index contributed by atoms with van der Waals surface area (Å²) in [5.74, 6) is 0.572. The fourth-order valence-corrected chi connectivity index (χ4v) is 5.11. The smallest absolute Gasteiger partial charge is 0.258 e. The molecule has 3 aromatic carbocycles. The molecule has 0 unspecified atom stereocenters. The Bertz CT molecular complexity index is 1580. The Morgan fingerprint density at radius 2 is 1.57 bits per heavy atom. The number of fused-ring (bicyclic) bond motifs is 1. The first-order valence-corrected chi connectivity index (χ1v) is 13.0. The molecule has 2 aromatic heterocycles. The highest BCUT2D eigenvalue weighted by molar-refractivity contribution is 7.14. The molecule has 0 atom stereocenters. The van der Waals surface area contributed by atoms with Crippen molar-refractivity contribution in [3.8, 4) is 28.3 Å². The zero-order valence-electron chi connectivity index (χ0n) is 21.6. The molecule has 6 heteroatoms. The van der Waals surface area contributed by atoms with Crippen LogP contribution in [0, 0.1) is 6.92 Å². The molecule has 0 saturated heterocycles. The molecule has 0 spiro atoms. The van der Waals surface area contributed by atoms with Gasteiger partial charge in [-0.2, -0.15) is 0 Å². The summed E-state index contributed by atoms with van der Waals surface area (Å²) in [7, 11) is 1.64. The Morgan fingerprint density at radius 1 is 0.892 bits per heavy atom. The van der Waals surface area contributed by atoms with Crippen molar-refractivity contribution in [3.63, 3.8) is 0 Å². The van der Waals surface area contributed by atoms with Gasteiger partial charge in [0.2, 0.25) is 0 Å². The molecule has 0 aliphatic rings. The van der Waals surface area contributed by atoms with Crippen LogP contribution in [0.3, 0.4) is 0 Å². The number of para-hydroxylation sites is 1. The average Bonchev–Trinajstić information content (AvgIpc) is 3.36. The number of carbonyl (C=O) groups is 1. The number of rotatable bonds is 5. The van der Waals surface area contributed by atoms with Gasteiger partial charge in [0.15, 0.2) is 5.13 Å². The van der Waals surface area contributed by atoms with Crippen LogP contribution in [0.1, 0.15) is 42.3 Å². The fraction of sp³-hybridized carbons (Fsp3) is 0.194. The topological polar surface area (TPSA) is 64.1 Å². The van der Waals surface area contributed by atoms with Gasteiger partial charge in [-0.05, 0) is 53.8 Å². The van der Waals surface area contributed by atoms with Gasteiger partial charge in [-0.15, -0.1) is 11.3 Å². The molecule has 0 aliphatic heterocycles. The fourth-order valence-electron chi connectivity index (χ4n) is 4.39. The van der Waals surface area contributed by atoms with Gasteiger partial charge in [0.25, 0.3) is 5.91 Å². The van der Waals surface area contributed by atoms with Crippen LogP contribution >= 0.6 is 11.3 Å². The maximum atomic E-state index is 13.6. The number of hydrogen-bond donors (Lipinski definition) is 1. The van der Waals surface area contributed by atoms with Gasteiger partial charge < -0.3 is 4.74 Å². The lowest BCUT2D eigenvalue weighted by molar-refractivity contribution is 0.102. The number of nitrogens with one attached hydrogen (secondary N) is 1. The van der Waals surface area contributed by atoms with E-state index in [4.69, 9.17) is 14.7 Å². The Hall–Kier alpha value is -4.03. The molecule has 0 saturated carbocycles. The van der Waals surface area contributed by atoms with Crippen molar-refractivity contribution in [2.45, 2.75) is 33.1 Å². The highest BCUT2D eigenvalue weighted by Gasteiger charge is 2.20. The second kappa shape index (κ2) is 9.79. The number of nitrogens with zero attached hydrogens (tertiary/aromatic N) is 2. The van der Waals surface area contributed by atoms with Crippen LogP contribution < -0.4 is 10.1 Å². The number of amides is 1. The summed E-state index contributed by atoms with van der Waals surface area (Å²) in [6.45, 7) is 8.54. The molecule has 5 aromatic rings. The van der Waals surface area contributed by atoms with Crippen molar-refractivity contribution in [1.29, 1.82) is 0 Å². The number of pyridine rings is 1. The Labute approximate surface area is 221 Å². The van der Waals surface area contributed by atoms with E-state index in [2.05, 4.69) is 50.4 Å². The number of benzene rings is 3. The summed E-state index contributed by atoms with van der Waals surface area (Å²) in [5, 5.41) is 6.38. The molecule has 186 valence electrons. The van der Waals surface area contributed by atoms with E-state index in [1.165, 1.54) is 16.9 Å². The van der Waals surface area contributed by atoms with Gasteiger partial charge in [0.1, 0.15) is 5.75 Å². The third-order valence-electron chi connectivity index (χ3n) is 6.50. The van der Waals surface area contributed by atoms with E-state index in [1.54, 1.807) is 7.11 Å². The van der Waals surface area contributed by atoms with Crippen LogP contribution in [0.15, 0.2) is 78.2 Å². The standard InChI is InChI=1S/C31H29N3O2S/c1-19-27(24-8-6-7-9-25(24)32-28(19)21-12-16-23(36-5)17-13-21)29(35)34-30-33-26(18-37-30)20-10-14-22(15-11-20)31(2,3)4/h6-18H,1-5H3,(H,33,34,35). The minimum absolute atomic E-state index is 0.0928. The number of ether oxygens (including phenoxy) is 1. The third-order valence-corrected chi connectivity index (χ3v) is 7.26. The van der Waals surface area contributed by atoms with Gasteiger partial charge >= 0.3 is 0 Å². The van der Waals surface area contributed by atoms with E-state index in [-0.39, 0.29) is 11.3 Å². The first-order chi connectivity index (χ1) is 17.7. The van der Waals surface area contributed by atoms with Crippen LogP contribution in [0.4, 0.5) is 5.13 Å². The SMILES string of the molecule is COc1ccc(-c2nc3ccccc3c(C(=O)Nc3nc(-c4ccc(C(C)(C)C)cc4)cs3)c2C)cc1. The average molecular weight is 508 g/mol. The summed E-state index contributed by atoms with van der Waals surface area (Å²) in [4.78, 5) is 23.2. The van der Waals surface area contributed by atoms with Crippen molar-refractivity contribution in [3.05, 3.63) is 94.9 Å². The summed E-state index contributed by atoms with van der Waals surface area (Å²) < 4.78 is 5.30. The Morgan fingerprint density at radius 3 is 2.24 bits per heavy atom. The first kappa shape index (κ1) is 24.7. The second-order valence-corrected chi connectivity index (χ2v) is 10.9. The van der Waals surface area contributed by atoms with Crippen LogP contribution in [0.2, 0.25) is 0 Å². The number of aromatic nitrogens is 2. The lowest BCUT2D eigenvalue weighted by Gasteiger charge is -2.18. The van der Waals surface area contributed by atoms with Crippen molar-refractivity contribution < 1.29 is 9.53 Å². The molecule has 0 bridgehead atoms. The second-order valence-electron chi connectivity index (χ2n) is 10.0. The minimum atomic E-state index is -0.199. The monoisotopic (exact) mass is 507 g/mol. The van der Waals surface area contributed by atoms with Crippen LogP contribution in [-0.2, 0) is 5.41 Å². The van der Waals surface area contributed by atoms with E-state index in [0.29, 0.717) is 10.7 Å². The molecule has 1 amide bonds. The van der Waals surface area contributed by atoms with Crippen molar-refractivity contribution in [2.75, 3.05) is 12.4 Å². The molecule has 0 radical (unpaired) electrons. The molecular weight excluding hydrogens is 478 g/mol. The van der Waals surface area contributed by atoms with E-state index >= 15 is 0 Å². The van der Waals surface area contributed by atoms with Gasteiger partial charge in [-0.25, -0.2) is 9.97 Å². The minimum Gasteiger partial charge on any atom is -0.497 e. The zero-order chi connectivity index (χ0) is 26.2. The van der Waals surface area contributed by atoms with Gasteiger partial charge in [0.05, 0.1) is 29.6 Å². The van der Waals surface area contributed by atoms with Gasteiger partial charge in [0, 0.05) is 21.9 Å². The van der Waals surface area contributed by atoms with E-state index in [1.807, 2.05) is 60.8 Å². The highest BCUT2D eigenvalue weighted by atomic mass is 32.1. The van der Waals surface area contributed by atoms with Gasteiger partial charge in [-0.3, -0.25) is 10.1 Å². The zero-order valence-corrected chi connectivity index (χ0v) is 22.4. The molecule has 0 fully saturated rings. The van der Waals surface area contributed by atoms with E-state index in [9.17, 15) is 4.79 Å². The largest absolute Gasteiger partial charge is 0.497 e. The number of thiazole rings is 1. The summed E-state index contributed by atoms with van der Waals surface area (Å²) in [6, 6.07) is 23.9. The maximum absolute atomic E-state index is 13.6. The summed E-state index contributed by atoms with van der Waals surface area (Å²) in [5.41, 5.74) is 7.11. The predicted octanol–water partition coefficient (Wildman–Crippen LogP) is 7.89. The number of carbonyl (C=O) groups excluding carboxylic acids is 1. The van der Waals surface area contributed by atoms with E-state index < -0.39 is 0 Å². The molecule has 5 rings (SSSR count). The van der Waals surface area contributed by atoms with Crippen molar-refractivity contribution >= 4 is 33.3 Å². The van der Waals surface area contributed by atoms with Crippen LogP contribution in [-0.4, -0.2) is 23.0 Å². The Kier molecular flexibility index (Phi) is 6.52. The number of anilines is 1. The maximum Gasteiger partial charge on any atom is 0.258 e. The quantitative estimate of drug-likeness (QED) is 0.263. The lowest BCUT2D eigenvalue weighted by Crippen LogP contribution is -2.15. The van der Waals surface area contributed by atoms with Crippen LogP contribution in [0.5, 0.6) is 5.75 Å². The molecule has 0 aliphatic carbocycles. The van der Waals surface area contributed by atoms with Gasteiger partial charge in [-0.1, -0.05) is 63.2 Å².